The third kappa shape index (κ3) is 2.12. The molecule has 0 fully saturated rings. The Morgan fingerprint density at radius 2 is 2.08 bits per heavy atom. The van der Waals surface area contributed by atoms with Gasteiger partial charge in [-0.2, -0.15) is 0 Å². The second-order valence-corrected chi connectivity index (χ2v) is 2.98. The fourth-order valence-electron chi connectivity index (χ4n) is 1.38. The van der Waals surface area contributed by atoms with E-state index in [9.17, 15) is 5.11 Å². The van der Waals surface area contributed by atoms with E-state index in [2.05, 4.69) is 0 Å². The van der Waals surface area contributed by atoms with Gasteiger partial charge in [-0.1, -0.05) is 12.1 Å². The summed E-state index contributed by atoms with van der Waals surface area (Å²) < 4.78 is 0. The van der Waals surface area contributed by atoms with Crippen LogP contribution in [0.15, 0.2) is 24.3 Å². The van der Waals surface area contributed by atoms with Gasteiger partial charge in [0.2, 0.25) is 0 Å². The van der Waals surface area contributed by atoms with Gasteiger partial charge in [0.1, 0.15) is 6.23 Å². The van der Waals surface area contributed by atoms with Gasteiger partial charge in [0.05, 0.1) is 11.4 Å². The Balaban J connectivity index is 2.97. The van der Waals surface area contributed by atoms with Crippen molar-refractivity contribution >= 4 is 11.4 Å². The number of aliphatic hydroxyl groups is 1. The Kier molecular flexibility index (Phi) is 3.14. The lowest BCUT2D eigenvalue weighted by molar-refractivity contribution is 0.190. The monoisotopic (exact) mass is 180 g/mol. The fourth-order valence-corrected chi connectivity index (χ4v) is 1.38. The van der Waals surface area contributed by atoms with Crippen LogP contribution in [0.2, 0.25) is 0 Å². The molecule has 1 unspecified atom stereocenters. The van der Waals surface area contributed by atoms with Crippen LogP contribution >= 0.6 is 0 Å². The lowest BCUT2D eigenvalue weighted by Crippen LogP contribution is -2.32. The van der Waals surface area contributed by atoms with Crippen molar-refractivity contribution in [1.29, 1.82) is 0 Å². The van der Waals surface area contributed by atoms with E-state index in [-0.39, 0.29) is 0 Å². The summed E-state index contributed by atoms with van der Waals surface area (Å²) in [5.74, 6) is 0. The third-order valence-corrected chi connectivity index (χ3v) is 2.04. The maximum absolute atomic E-state index is 9.46. The first-order valence-corrected chi connectivity index (χ1v) is 4.46. The molecule has 0 spiro atoms. The second kappa shape index (κ2) is 4.14. The third-order valence-electron chi connectivity index (χ3n) is 2.04. The summed E-state index contributed by atoms with van der Waals surface area (Å²) in [5, 5.41) is 9.46. The van der Waals surface area contributed by atoms with Gasteiger partial charge in [-0.05, 0) is 26.0 Å². The van der Waals surface area contributed by atoms with Crippen LogP contribution < -0.4 is 10.6 Å². The molecule has 0 radical (unpaired) electrons. The van der Waals surface area contributed by atoms with E-state index in [1.165, 1.54) is 0 Å². The second-order valence-electron chi connectivity index (χ2n) is 2.98. The molecule has 0 amide bonds. The Morgan fingerprint density at radius 1 is 1.46 bits per heavy atom. The Morgan fingerprint density at radius 3 is 2.54 bits per heavy atom. The highest BCUT2D eigenvalue weighted by molar-refractivity contribution is 5.67. The maximum atomic E-state index is 9.46. The quantitative estimate of drug-likeness (QED) is 0.546. The smallest absolute Gasteiger partial charge is 0.124 e. The molecule has 3 heteroatoms. The summed E-state index contributed by atoms with van der Waals surface area (Å²) in [5.41, 5.74) is 7.37. The van der Waals surface area contributed by atoms with Crippen molar-refractivity contribution in [2.75, 3.05) is 17.2 Å². The normalized spacial score (nSPS) is 12.5. The average molecular weight is 180 g/mol. The van der Waals surface area contributed by atoms with Crippen LogP contribution in [-0.4, -0.2) is 17.9 Å². The van der Waals surface area contributed by atoms with Crippen LogP contribution in [0.3, 0.4) is 0 Å². The molecule has 0 aromatic heterocycles. The van der Waals surface area contributed by atoms with Crippen molar-refractivity contribution in [2.24, 2.45) is 0 Å². The van der Waals surface area contributed by atoms with Crippen molar-refractivity contribution in [3.05, 3.63) is 24.3 Å². The molecule has 3 N–H and O–H groups in total. The predicted octanol–water partition coefficient (Wildman–Crippen LogP) is 1.43. The summed E-state index contributed by atoms with van der Waals surface area (Å²) in [6.45, 7) is 4.46. The van der Waals surface area contributed by atoms with Crippen molar-refractivity contribution in [2.45, 2.75) is 20.1 Å². The number of benzene rings is 1. The number of para-hydroxylation sites is 2. The van der Waals surface area contributed by atoms with Crippen LogP contribution in [0, 0.1) is 0 Å². The summed E-state index contributed by atoms with van der Waals surface area (Å²) in [6.07, 6.45) is -0.505. The van der Waals surface area contributed by atoms with Crippen LogP contribution in [-0.2, 0) is 0 Å². The van der Waals surface area contributed by atoms with Gasteiger partial charge in [0.15, 0.2) is 0 Å². The van der Waals surface area contributed by atoms with Crippen molar-refractivity contribution in [3.63, 3.8) is 0 Å². The molecule has 0 aliphatic rings. The number of anilines is 2. The van der Waals surface area contributed by atoms with E-state index in [1.807, 2.05) is 36.1 Å². The SMILES string of the molecule is CCN(c1ccccc1N)C(C)O. The first kappa shape index (κ1) is 9.86. The number of nitrogens with zero attached hydrogens (tertiary/aromatic N) is 1. The summed E-state index contributed by atoms with van der Waals surface area (Å²) in [6, 6.07) is 7.54. The molecule has 1 aromatic rings. The summed E-state index contributed by atoms with van der Waals surface area (Å²) >= 11 is 0. The highest BCUT2D eigenvalue weighted by Crippen LogP contribution is 2.23. The van der Waals surface area contributed by atoms with Gasteiger partial charge in [-0.25, -0.2) is 0 Å². The highest BCUT2D eigenvalue weighted by atomic mass is 16.3. The lowest BCUT2D eigenvalue weighted by atomic mass is 10.2. The number of nitrogens with two attached hydrogens (primary N) is 1. The lowest BCUT2D eigenvalue weighted by Gasteiger charge is -2.27. The topological polar surface area (TPSA) is 49.5 Å². The van der Waals surface area contributed by atoms with Gasteiger partial charge in [-0.15, -0.1) is 0 Å². The molecule has 1 rings (SSSR count). The van der Waals surface area contributed by atoms with Gasteiger partial charge in [0.25, 0.3) is 0 Å². The summed E-state index contributed by atoms with van der Waals surface area (Å²) in [4.78, 5) is 1.84. The van der Waals surface area contributed by atoms with E-state index in [0.717, 1.165) is 12.2 Å². The average Bonchev–Trinajstić information content (AvgIpc) is 2.09. The molecular formula is C10H16N2O. The van der Waals surface area contributed by atoms with E-state index in [4.69, 9.17) is 5.73 Å². The minimum Gasteiger partial charge on any atom is -0.397 e. The van der Waals surface area contributed by atoms with Gasteiger partial charge < -0.3 is 15.7 Å². The minimum atomic E-state index is -0.505. The molecule has 13 heavy (non-hydrogen) atoms. The van der Waals surface area contributed by atoms with Crippen molar-refractivity contribution < 1.29 is 5.11 Å². The van der Waals surface area contributed by atoms with E-state index >= 15 is 0 Å². The number of hydrogen-bond donors (Lipinski definition) is 2. The number of hydrogen-bond acceptors (Lipinski definition) is 3. The van der Waals surface area contributed by atoms with Crippen LogP contribution in [0.1, 0.15) is 13.8 Å². The van der Waals surface area contributed by atoms with Crippen LogP contribution in [0.4, 0.5) is 11.4 Å². The number of rotatable bonds is 3. The first-order chi connectivity index (χ1) is 6.16. The van der Waals surface area contributed by atoms with E-state index in [0.29, 0.717) is 5.69 Å². The van der Waals surface area contributed by atoms with Crippen LogP contribution in [0.5, 0.6) is 0 Å². The largest absolute Gasteiger partial charge is 0.397 e. The van der Waals surface area contributed by atoms with E-state index in [1.54, 1.807) is 6.92 Å². The van der Waals surface area contributed by atoms with Crippen LogP contribution in [0.25, 0.3) is 0 Å². The van der Waals surface area contributed by atoms with Crippen molar-refractivity contribution in [3.8, 4) is 0 Å². The van der Waals surface area contributed by atoms with Gasteiger partial charge >= 0.3 is 0 Å². The zero-order valence-corrected chi connectivity index (χ0v) is 8.07. The molecule has 1 aromatic carbocycles. The zero-order valence-electron chi connectivity index (χ0n) is 8.07. The zero-order chi connectivity index (χ0) is 9.84. The molecule has 0 saturated heterocycles. The fraction of sp³-hybridized carbons (Fsp3) is 0.400. The van der Waals surface area contributed by atoms with Gasteiger partial charge in [-0.3, -0.25) is 0 Å². The molecule has 0 aliphatic carbocycles. The standard InChI is InChI=1S/C10H16N2O/c1-3-12(8(2)13)10-7-5-4-6-9(10)11/h4-8,13H,3,11H2,1-2H3. The summed E-state index contributed by atoms with van der Waals surface area (Å²) in [7, 11) is 0. The van der Waals surface area contributed by atoms with Gasteiger partial charge in [0, 0.05) is 6.54 Å². The Labute approximate surface area is 78.8 Å². The molecule has 72 valence electrons. The number of nitrogen functional groups attached to an aromatic ring is 1. The Bertz CT molecular complexity index is 273. The first-order valence-electron chi connectivity index (χ1n) is 4.46. The number of aliphatic hydroxyl groups excluding tert-OH is 1. The molecule has 1 atom stereocenters. The van der Waals surface area contributed by atoms with E-state index < -0.39 is 6.23 Å². The molecule has 0 saturated carbocycles. The molecule has 0 bridgehead atoms. The highest BCUT2D eigenvalue weighted by Gasteiger charge is 2.11. The van der Waals surface area contributed by atoms with Crippen molar-refractivity contribution in [1.82, 2.24) is 0 Å². The molecule has 0 heterocycles. The predicted molar refractivity (Wildman–Crippen MR) is 55.6 cm³/mol. The Hall–Kier alpha value is -1.22. The maximum Gasteiger partial charge on any atom is 0.124 e. The molecule has 3 nitrogen and oxygen atoms in total. The minimum absolute atomic E-state index is 0.505. The molecule has 0 aliphatic heterocycles. The molecular weight excluding hydrogens is 164 g/mol.